The average Bonchev–Trinajstić information content (AvgIpc) is 2.64. The van der Waals surface area contributed by atoms with Crippen molar-refractivity contribution >= 4 is 17.3 Å². The highest BCUT2D eigenvalue weighted by Crippen LogP contribution is 2.29. The van der Waals surface area contributed by atoms with Crippen molar-refractivity contribution in [2.75, 3.05) is 18.0 Å². The van der Waals surface area contributed by atoms with E-state index >= 15 is 0 Å². The molecule has 1 aromatic rings. The van der Waals surface area contributed by atoms with Crippen LogP contribution < -0.4 is 10.2 Å². The van der Waals surface area contributed by atoms with Crippen LogP contribution in [-0.2, 0) is 6.54 Å². The predicted octanol–water partition coefficient (Wildman–Crippen LogP) is 4.61. The van der Waals surface area contributed by atoms with Crippen LogP contribution >= 0.6 is 11.6 Å². The van der Waals surface area contributed by atoms with Gasteiger partial charge in [-0.1, -0.05) is 30.5 Å². The van der Waals surface area contributed by atoms with Gasteiger partial charge in [0.1, 0.15) is 0 Å². The lowest BCUT2D eigenvalue weighted by atomic mass is 10.1. The van der Waals surface area contributed by atoms with Crippen LogP contribution in [0.4, 0.5) is 5.69 Å². The molecule has 112 valence electrons. The Balaban J connectivity index is 2.20. The Morgan fingerprint density at radius 2 is 1.75 bits per heavy atom. The molecule has 0 bridgehead atoms. The molecule has 1 fully saturated rings. The molecular formula is C17H27ClN2. The zero-order chi connectivity index (χ0) is 14.6. The minimum atomic E-state index is 0.106. The molecule has 1 saturated heterocycles. The summed E-state index contributed by atoms with van der Waals surface area (Å²) in [5.74, 6) is 0. The molecule has 1 N–H and O–H groups in total. The maximum atomic E-state index is 6.45. The number of benzene rings is 1. The van der Waals surface area contributed by atoms with Gasteiger partial charge >= 0.3 is 0 Å². The van der Waals surface area contributed by atoms with E-state index < -0.39 is 0 Å². The molecule has 2 rings (SSSR count). The highest BCUT2D eigenvalue weighted by atomic mass is 35.5. The van der Waals surface area contributed by atoms with E-state index in [2.05, 4.69) is 43.1 Å². The van der Waals surface area contributed by atoms with E-state index in [1.807, 2.05) is 6.07 Å². The van der Waals surface area contributed by atoms with Gasteiger partial charge in [-0.15, -0.1) is 0 Å². The van der Waals surface area contributed by atoms with Crippen LogP contribution in [0.3, 0.4) is 0 Å². The highest BCUT2D eigenvalue weighted by Gasteiger charge is 2.17. The zero-order valence-corrected chi connectivity index (χ0v) is 13.8. The quantitative estimate of drug-likeness (QED) is 0.876. The van der Waals surface area contributed by atoms with E-state index in [1.54, 1.807) is 0 Å². The third-order valence-electron chi connectivity index (χ3n) is 3.84. The summed E-state index contributed by atoms with van der Waals surface area (Å²) in [6, 6.07) is 6.29. The fourth-order valence-corrected chi connectivity index (χ4v) is 2.92. The molecule has 0 amide bonds. The Hall–Kier alpha value is -0.730. The molecule has 0 radical (unpaired) electrons. The van der Waals surface area contributed by atoms with Gasteiger partial charge in [-0.3, -0.25) is 0 Å². The zero-order valence-electron chi connectivity index (χ0n) is 13.0. The summed E-state index contributed by atoms with van der Waals surface area (Å²) in [4.78, 5) is 2.51. The topological polar surface area (TPSA) is 15.3 Å². The minimum Gasteiger partial charge on any atom is -0.371 e. The summed E-state index contributed by atoms with van der Waals surface area (Å²) in [6.07, 6.45) is 5.29. The normalized spacial score (nSPS) is 17.1. The average molecular weight is 295 g/mol. The van der Waals surface area contributed by atoms with Crippen molar-refractivity contribution in [1.29, 1.82) is 0 Å². The van der Waals surface area contributed by atoms with Crippen molar-refractivity contribution in [1.82, 2.24) is 5.32 Å². The smallest absolute Gasteiger partial charge is 0.0471 e. The van der Waals surface area contributed by atoms with E-state index in [0.717, 1.165) is 24.7 Å². The predicted molar refractivity (Wildman–Crippen MR) is 88.7 cm³/mol. The first kappa shape index (κ1) is 15.7. The van der Waals surface area contributed by atoms with E-state index in [9.17, 15) is 0 Å². The standard InChI is InChI=1S/C17H27ClN2/c1-17(2,3)19-13-14-15(18)9-8-10-16(14)20-11-6-4-5-7-12-20/h8-10,19H,4-7,11-13H2,1-3H3. The molecule has 0 atom stereocenters. The van der Waals surface area contributed by atoms with Crippen molar-refractivity contribution in [3.8, 4) is 0 Å². The first-order valence-electron chi connectivity index (χ1n) is 7.75. The Morgan fingerprint density at radius 3 is 2.35 bits per heavy atom. The van der Waals surface area contributed by atoms with Crippen LogP contribution in [-0.4, -0.2) is 18.6 Å². The van der Waals surface area contributed by atoms with Gasteiger partial charge in [0.05, 0.1) is 0 Å². The number of halogens is 1. The molecule has 2 nitrogen and oxygen atoms in total. The third kappa shape index (κ3) is 4.39. The minimum absolute atomic E-state index is 0.106. The summed E-state index contributed by atoms with van der Waals surface area (Å²) >= 11 is 6.45. The van der Waals surface area contributed by atoms with E-state index in [4.69, 9.17) is 11.6 Å². The third-order valence-corrected chi connectivity index (χ3v) is 4.19. The van der Waals surface area contributed by atoms with Crippen LogP contribution in [0, 0.1) is 0 Å². The maximum Gasteiger partial charge on any atom is 0.0471 e. The van der Waals surface area contributed by atoms with Crippen LogP contribution in [0.15, 0.2) is 18.2 Å². The molecule has 0 unspecified atom stereocenters. The van der Waals surface area contributed by atoms with Crippen LogP contribution in [0.1, 0.15) is 52.0 Å². The van der Waals surface area contributed by atoms with Gasteiger partial charge < -0.3 is 10.2 Å². The number of nitrogens with one attached hydrogen (secondary N) is 1. The van der Waals surface area contributed by atoms with Gasteiger partial charge in [-0.25, -0.2) is 0 Å². The Labute approximate surface area is 128 Å². The van der Waals surface area contributed by atoms with Gasteiger partial charge in [0.15, 0.2) is 0 Å². The molecule has 3 heteroatoms. The van der Waals surface area contributed by atoms with E-state index in [1.165, 1.54) is 36.9 Å². The lowest BCUT2D eigenvalue weighted by Crippen LogP contribution is -2.36. The van der Waals surface area contributed by atoms with E-state index in [-0.39, 0.29) is 5.54 Å². The van der Waals surface area contributed by atoms with Crippen LogP contribution in [0.25, 0.3) is 0 Å². The monoisotopic (exact) mass is 294 g/mol. The van der Waals surface area contributed by atoms with Crippen molar-refractivity contribution in [2.24, 2.45) is 0 Å². The lowest BCUT2D eigenvalue weighted by molar-refractivity contribution is 0.424. The molecule has 1 aromatic carbocycles. The van der Waals surface area contributed by atoms with Crippen LogP contribution in [0.5, 0.6) is 0 Å². The van der Waals surface area contributed by atoms with Gasteiger partial charge in [0, 0.05) is 41.4 Å². The highest BCUT2D eigenvalue weighted by molar-refractivity contribution is 6.31. The molecule has 0 spiro atoms. The summed E-state index contributed by atoms with van der Waals surface area (Å²) in [5, 5.41) is 4.44. The summed E-state index contributed by atoms with van der Waals surface area (Å²) in [5.41, 5.74) is 2.66. The Morgan fingerprint density at radius 1 is 1.10 bits per heavy atom. The second kappa shape index (κ2) is 6.82. The number of hydrogen-bond acceptors (Lipinski definition) is 2. The summed E-state index contributed by atoms with van der Waals surface area (Å²) in [6.45, 7) is 9.71. The number of anilines is 1. The molecule has 20 heavy (non-hydrogen) atoms. The molecule has 1 heterocycles. The Kier molecular flexibility index (Phi) is 5.34. The molecule has 0 aromatic heterocycles. The summed E-state index contributed by atoms with van der Waals surface area (Å²) < 4.78 is 0. The Bertz CT molecular complexity index is 429. The second-order valence-electron chi connectivity index (χ2n) is 6.74. The number of rotatable bonds is 3. The number of hydrogen-bond donors (Lipinski definition) is 1. The first-order valence-corrected chi connectivity index (χ1v) is 8.12. The van der Waals surface area contributed by atoms with Gasteiger partial charge in [-0.05, 0) is 45.7 Å². The lowest BCUT2D eigenvalue weighted by Gasteiger charge is -2.28. The number of nitrogens with zero attached hydrogens (tertiary/aromatic N) is 1. The molecule has 0 aliphatic carbocycles. The van der Waals surface area contributed by atoms with E-state index in [0.29, 0.717) is 0 Å². The SMILES string of the molecule is CC(C)(C)NCc1c(Cl)cccc1N1CCCCCC1. The van der Waals surface area contributed by atoms with Crippen molar-refractivity contribution in [3.63, 3.8) is 0 Å². The molecule has 0 saturated carbocycles. The fraction of sp³-hybridized carbons (Fsp3) is 0.647. The van der Waals surface area contributed by atoms with Gasteiger partial charge in [0.25, 0.3) is 0 Å². The summed E-state index contributed by atoms with van der Waals surface area (Å²) in [7, 11) is 0. The molecule has 1 aliphatic heterocycles. The van der Waals surface area contributed by atoms with Crippen molar-refractivity contribution in [2.45, 2.75) is 58.5 Å². The fourth-order valence-electron chi connectivity index (χ4n) is 2.68. The maximum absolute atomic E-state index is 6.45. The largest absolute Gasteiger partial charge is 0.371 e. The van der Waals surface area contributed by atoms with Gasteiger partial charge in [-0.2, -0.15) is 0 Å². The van der Waals surface area contributed by atoms with Crippen LogP contribution in [0.2, 0.25) is 5.02 Å². The first-order chi connectivity index (χ1) is 9.47. The second-order valence-corrected chi connectivity index (χ2v) is 7.15. The molecular weight excluding hydrogens is 268 g/mol. The molecule has 1 aliphatic rings. The van der Waals surface area contributed by atoms with Crippen molar-refractivity contribution in [3.05, 3.63) is 28.8 Å². The van der Waals surface area contributed by atoms with Gasteiger partial charge in [0.2, 0.25) is 0 Å². The van der Waals surface area contributed by atoms with Crippen molar-refractivity contribution < 1.29 is 0 Å².